The normalized spacial score (nSPS) is 22.7. The zero-order valence-corrected chi connectivity index (χ0v) is 10.2. The summed E-state index contributed by atoms with van der Waals surface area (Å²) in [7, 11) is 0. The summed E-state index contributed by atoms with van der Waals surface area (Å²) in [5.74, 6) is 0.292. The van der Waals surface area contributed by atoms with Crippen molar-refractivity contribution in [3.8, 4) is 0 Å². The van der Waals surface area contributed by atoms with E-state index < -0.39 is 6.04 Å². The summed E-state index contributed by atoms with van der Waals surface area (Å²) >= 11 is 0. The molecule has 5 nitrogen and oxygen atoms in total. The van der Waals surface area contributed by atoms with Crippen molar-refractivity contribution in [1.82, 2.24) is 10.6 Å². The van der Waals surface area contributed by atoms with Gasteiger partial charge in [-0.1, -0.05) is 0 Å². The summed E-state index contributed by atoms with van der Waals surface area (Å²) in [6, 6.07) is -0.182. The van der Waals surface area contributed by atoms with Crippen LogP contribution in [0.4, 0.5) is 0 Å². The Balaban J connectivity index is 1.66. The van der Waals surface area contributed by atoms with Gasteiger partial charge in [-0.2, -0.15) is 0 Å². The highest BCUT2D eigenvalue weighted by Gasteiger charge is 2.31. The van der Waals surface area contributed by atoms with Crippen LogP contribution in [0.3, 0.4) is 0 Å². The van der Waals surface area contributed by atoms with Crippen LogP contribution in [0.5, 0.6) is 0 Å². The van der Waals surface area contributed by atoms with Crippen molar-refractivity contribution in [3.05, 3.63) is 0 Å². The topological polar surface area (TPSA) is 84.2 Å². The molecule has 2 fully saturated rings. The molecule has 0 radical (unpaired) electrons. The van der Waals surface area contributed by atoms with Crippen molar-refractivity contribution in [2.45, 2.75) is 57.2 Å². The van der Waals surface area contributed by atoms with Crippen LogP contribution < -0.4 is 16.4 Å². The van der Waals surface area contributed by atoms with Crippen LogP contribution in [0, 0.1) is 5.92 Å². The highest BCUT2D eigenvalue weighted by atomic mass is 16.2. The lowest BCUT2D eigenvalue weighted by molar-refractivity contribution is -0.128. The first kappa shape index (κ1) is 12.4. The zero-order chi connectivity index (χ0) is 12.4. The van der Waals surface area contributed by atoms with Crippen LogP contribution >= 0.6 is 0 Å². The van der Waals surface area contributed by atoms with E-state index in [-0.39, 0.29) is 17.9 Å². The number of hydrogen-bond donors (Lipinski definition) is 3. The van der Waals surface area contributed by atoms with Crippen molar-refractivity contribution in [3.63, 3.8) is 0 Å². The van der Waals surface area contributed by atoms with Gasteiger partial charge in [0, 0.05) is 18.5 Å². The Morgan fingerprint density at radius 2 is 1.94 bits per heavy atom. The molecule has 2 rings (SSSR count). The molecular weight excluding hydrogens is 218 g/mol. The summed E-state index contributed by atoms with van der Waals surface area (Å²) in [4.78, 5) is 23.2. The van der Waals surface area contributed by atoms with Crippen LogP contribution in [0.25, 0.3) is 0 Å². The third-order valence-corrected chi connectivity index (χ3v) is 3.34. The van der Waals surface area contributed by atoms with E-state index in [0.717, 1.165) is 25.7 Å². The van der Waals surface area contributed by atoms with E-state index in [0.29, 0.717) is 18.4 Å². The van der Waals surface area contributed by atoms with Gasteiger partial charge in [0.05, 0.1) is 0 Å². The maximum Gasteiger partial charge on any atom is 0.242 e. The lowest BCUT2D eigenvalue weighted by Crippen LogP contribution is -2.46. The molecule has 0 spiro atoms. The second-order valence-corrected chi connectivity index (χ2v) is 5.28. The molecule has 0 aromatic carbocycles. The van der Waals surface area contributed by atoms with Crippen LogP contribution in [0.1, 0.15) is 39.0 Å². The molecule has 2 aliphatic carbocycles. The Morgan fingerprint density at radius 3 is 2.47 bits per heavy atom. The Kier molecular flexibility index (Phi) is 3.66. The van der Waals surface area contributed by atoms with Gasteiger partial charge in [0.1, 0.15) is 6.04 Å². The molecule has 2 atom stereocenters. The molecule has 2 aliphatic rings. The first-order chi connectivity index (χ1) is 8.06. The first-order valence-corrected chi connectivity index (χ1v) is 6.41. The SMILES string of the molecule is CC(NC(=O)CC(N)C1CC1)C(=O)NC1CC1. The quantitative estimate of drug-likeness (QED) is 0.605. The number of nitrogens with two attached hydrogens (primary N) is 1. The number of nitrogens with one attached hydrogen (secondary N) is 2. The van der Waals surface area contributed by atoms with Crippen molar-refractivity contribution in [1.29, 1.82) is 0 Å². The Bertz CT molecular complexity index is 311. The second kappa shape index (κ2) is 5.04. The lowest BCUT2D eigenvalue weighted by atomic mass is 10.1. The molecule has 0 bridgehead atoms. The fraction of sp³-hybridized carbons (Fsp3) is 0.833. The van der Waals surface area contributed by atoms with E-state index in [9.17, 15) is 9.59 Å². The van der Waals surface area contributed by atoms with E-state index in [1.54, 1.807) is 6.92 Å². The van der Waals surface area contributed by atoms with Crippen molar-refractivity contribution in [2.75, 3.05) is 0 Å². The fourth-order valence-electron chi connectivity index (χ4n) is 1.82. The zero-order valence-electron chi connectivity index (χ0n) is 10.2. The molecule has 2 amide bonds. The molecule has 0 aliphatic heterocycles. The van der Waals surface area contributed by atoms with Crippen molar-refractivity contribution >= 4 is 11.8 Å². The molecule has 4 N–H and O–H groups in total. The van der Waals surface area contributed by atoms with Gasteiger partial charge in [0.25, 0.3) is 0 Å². The number of carbonyl (C=O) groups excluding carboxylic acids is 2. The first-order valence-electron chi connectivity index (χ1n) is 6.41. The molecule has 2 unspecified atom stereocenters. The predicted octanol–water partition coefficient (Wildman–Crippen LogP) is -0.103. The summed E-state index contributed by atoms with van der Waals surface area (Å²) in [6.07, 6.45) is 4.70. The molecule has 0 heterocycles. The minimum absolute atomic E-state index is 0.0475. The van der Waals surface area contributed by atoms with Gasteiger partial charge in [0.2, 0.25) is 11.8 Å². The smallest absolute Gasteiger partial charge is 0.242 e. The summed E-state index contributed by atoms with van der Waals surface area (Å²) < 4.78 is 0. The molecule has 96 valence electrons. The van der Waals surface area contributed by atoms with E-state index >= 15 is 0 Å². The van der Waals surface area contributed by atoms with E-state index in [1.807, 2.05) is 0 Å². The third-order valence-electron chi connectivity index (χ3n) is 3.34. The maximum atomic E-state index is 11.6. The number of amides is 2. The highest BCUT2D eigenvalue weighted by Crippen LogP contribution is 2.32. The second-order valence-electron chi connectivity index (χ2n) is 5.28. The van der Waals surface area contributed by atoms with Gasteiger partial charge < -0.3 is 16.4 Å². The average molecular weight is 239 g/mol. The van der Waals surface area contributed by atoms with Gasteiger partial charge in [0.15, 0.2) is 0 Å². The molecule has 0 aromatic heterocycles. The Morgan fingerprint density at radius 1 is 1.29 bits per heavy atom. The van der Waals surface area contributed by atoms with Crippen LogP contribution in [0.15, 0.2) is 0 Å². The van der Waals surface area contributed by atoms with E-state index in [1.165, 1.54) is 0 Å². The van der Waals surface area contributed by atoms with E-state index in [2.05, 4.69) is 10.6 Å². The van der Waals surface area contributed by atoms with Crippen molar-refractivity contribution < 1.29 is 9.59 Å². The Labute approximate surface area is 102 Å². The molecule has 5 heteroatoms. The molecule has 0 saturated heterocycles. The Hall–Kier alpha value is -1.10. The molecule has 17 heavy (non-hydrogen) atoms. The standard InChI is InChI=1S/C12H21N3O2/c1-7(12(17)15-9-4-5-9)14-11(16)6-10(13)8-2-3-8/h7-10H,2-6,13H2,1H3,(H,14,16)(H,15,17). The van der Waals surface area contributed by atoms with Crippen LogP contribution in [0.2, 0.25) is 0 Å². The predicted molar refractivity (Wildman–Crippen MR) is 64.1 cm³/mol. The molecular formula is C12H21N3O2. The molecule has 2 saturated carbocycles. The average Bonchev–Trinajstić information content (AvgIpc) is 3.11. The fourth-order valence-corrected chi connectivity index (χ4v) is 1.82. The van der Waals surface area contributed by atoms with Gasteiger partial charge in [-0.05, 0) is 38.5 Å². The van der Waals surface area contributed by atoms with E-state index in [4.69, 9.17) is 5.73 Å². The van der Waals surface area contributed by atoms with Gasteiger partial charge in [-0.15, -0.1) is 0 Å². The van der Waals surface area contributed by atoms with Gasteiger partial charge in [-0.25, -0.2) is 0 Å². The lowest BCUT2D eigenvalue weighted by Gasteiger charge is -2.15. The largest absolute Gasteiger partial charge is 0.352 e. The minimum atomic E-state index is -0.463. The summed E-state index contributed by atoms with van der Waals surface area (Å²) in [5.41, 5.74) is 5.86. The number of hydrogen-bond acceptors (Lipinski definition) is 3. The van der Waals surface area contributed by atoms with Crippen LogP contribution in [-0.4, -0.2) is 29.9 Å². The van der Waals surface area contributed by atoms with Gasteiger partial charge in [-0.3, -0.25) is 9.59 Å². The van der Waals surface area contributed by atoms with Gasteiger partial charge >= 0.3 is 0 Å². The molecule has 0 aromatic rings. The monoisotopic (exact) mass is 239 g/mol. The maximum absolute atomic E-state index is 11.6. The van der Waals surface area contributed by atoms with Crippen molar-refractivity contribution in [2.24, 2.45) is 11.7 Å². The summed E-state index contributed by atoms with van der Waals surface area (Å²) in [5, 5.41) is 5.56. The number of carbonyl (C=O) groups is 2. The number of rotatable bonds is 6. The third kappa shape index (κ3) is 4.00. The van der Waals surface area contributed by atoms with Crippen LogP contribution in [-0.2, 0) is 9.59 Å². The minimum Gasteiger partial charge on any atom is -0.352 e. The highest BCUT2D eigenvalue weighted by molar-refractivity contribution is 5.87. The summed E-state index contributed by atoms with van der Waals surface area (Å²) in [6.45, 7) is 1.71.